The molecule has 0 heterocycles. The Balaban J connectivity index is 1.89. The molecular weight excluding hydrogens is 389 g/mol. The molecule has 0 unspecified atom stereocenters. The van der Waals surface area contributed by atoms with Crippen molar-refractivity contribution in [3.8, 4) is 0 Å². The van der Waals surface area contributed by atoms with Crippen molar-refractivity contribution in [1.82, 2.24) is 5.32 Å². The fraction of sp³-hybridized carbons (Fsp3) is 0.571. The van der Waals surface area contributed by atoms with Gasteiger partial charge < -0.3 is 5.32 Å². The molecule has 2 rings (SSSR count). The first kappa shape index (κ1) is 13.8. The summed E-state index contributed by atoms with van der Waals surface area (Å²) in [6.07, 6.45) is 8.34. The summed E-state index contributed by atoms with van der Waals surface area (Å²) in [6.45, 7) is 1.00. The van der Waals surface area contributed by atoms with E-state index < -0.39 is 0 Å². The largest absolute Gasteiger partial charge is 0.310 e. The molecule has 0 aromatic heterocycles. The maximum Gasteiger partial charge on any atom is 0.0218 e. The topological polar surface area (TPSA) is 12.0 Å². The Kier molecular flexibility index (Phi) is 5.77. The summed E-state index contributed by atoms with van der Waals surface area (Å²) in [6, 6.07) is 7.24. The first-order valence-corrected chi connectivity index (χ1v) is 8.30. The number of hydrogen-bond donors (Lipinski definition) is 1. The molecule has 0 bridgehead atoms. The van der Waals surface area contributed by atoms with Gasteiger partial charge in [-0.15, -0.1) is 0 Å². The van der Waals surface area contributed by atoms with E-state index in [0.29, 0.717) is 0 Å². The van der Waals surface area contributed by atoms with Gasteiger partial charge in [0.1, 0.15) is 0 Å². The molecule has 0 aliphatic heterocycles. The molecule has 1 fully saturated rings. The molecule has 1 aromatic carbocycles. The Bertz CT molecular complexity index is 359. The highest BCUT2D eigenvalue weighted by Crippen LogP contribution is 2.20. The van der Waals surface area contributed by atoms with Gasteiger partial charge in [0.25, 0.3) is 0 Å². The van der Waals surface area contributed by atoms with Crippen LogP contribution in [0.3, 0.4) is 0 Å². The van der Waals surface area contributed by atoms with Gasteiger partial charge in [0.05, 0.1) is 0 Å². The molecule has 0 saturated heterocycles. The van der Waals surface area contributed by atoms with Crippen LogP contribution in [0.25, 0.3) is 0 Å². The quantitative estimate of drug-likeness (QED) is 0.556. The maximum absolute atomic E-state index is 3.72. The first-order valence-electron chi connectivity index (χ1n) is 6.43. The van der Waals surface area contributed by atoms with Crippen molar-refractivity contribution in [2.24, 2.45) is 0 Å². The van der Waals surface area contributed by atoms with Crippen LogP contribution in [0.15, 0.2) is 22.7 Å². The van der Waals surface area contributed by atoms with Gasteiger partial charge in [-0.3, -0.25) is 0 Å². The molecule has 1 aliphatic carbocycles. The standard InChI is InChI=1S/C14H19BrIN/c15-12-7-8-14(16)11(9-12)10-17-13-5-3-1-2-4-6-13/h7-9,13,17H,1-6,10H2. The van der Waals surface area contributed by atoms with E-state index in [2.05, 4.69) is 62.0 Å². The van der Waals surface area contributed by atoms with Gasteiger partial charge in [0.15, 0.2) is 0 Å². The zero-order valence-electron chi connectivity index (χ0n) is 10.0. The fourth-order valence-corrected chi connectivity index (χ4v) is 3.35. The highest BCUT2D eigenvalue weighted by molar-refractivity contribution is 14.1. The second kappa shape index (κ2) is 7.10. The summed E-state index contributed by atoms with van der Waals surface area (Å²) in [5, 5.41) is 3.72. The van der Waals surface area contributed by atoms with Crippen molar-refractivity contribution < 1.29 is 0 Å². The van der Waals surface area contributed by atoms with Gasteiger partial charge in [-0.1, -0.05) is 41.6 Å². The third-order valence-electron chi connectivity index (χ3n) is 3.44. The van der Waals surface area contributed by atoms with E-state index in [0.717, 1.165) is 12.6 Å². The van der Waals surface area contributed by atoms with Crippen molar-refractivity contribution in [1.29, 1.82) is 0 Å². The van der Waals surface area contributed by atoms with E-state index in [4.69, 9.17) is 0 Å². The van der Waals surface area contributed by atoms with E-state index >= 15 is 0 Å². The van der Waals surface area contributed by atoms with E-state index in [1.807, 2.05) is 0 Å². The van der Waals surface area contributed by atoms with Crippen LogP contribution in [0.2, 0.25) is 0 Å². The van der Waals surface area contributed by atoms with Crippen molar-refractivity contribution in [2.45, 2.75) is 51.1 Å². The van der Waals surface area contributed by atoms with Crippen LogP contribution in [0.4, 0.5) is 0 Å². The van der Waals surface area contributed by atoms with Gasteiger partial charge in [0.2, 0.25) is 0 Å². The molecule has 0 spiro atoms. The second-order valence-electron chi connectivity index (χ2n) is 4.81. The molecule has 3 heteroatoms. The molecule has 1 N–H and O–H groups in total. The minimum absolute atomic E-state index is 0.729. The SMILES string of the molecule is Brc1ccc(I)c(CNC2CCCCCC2)c1. The smallest absolute Gasteiger partial charge is 0.0218 e. The van der Waals surface area contributed by atoms with Crippen molar-refractivity contribution in [2.75, 3.05) is 0 Å². The van der Waals surface area contributed by atoms with Gasteiger partial charge in [-0.25, -0.2) is 0 Å². The summed E-state index contributed by atoms with van der Waals surface area (Å²) >= 11 is 5.96. The van der Waals surface area contributed by atoms with Crippen LogP contribution in [-0.4, -0.2) is 6.04 Å². The minimum Gasteiger partial charge on any atom is -0.310 e. The Morgan fingerprint density at radius 3 is 2.59 bits per heavy atom. The number of rotatable bonds is 3. The van der Waals surface area contributed by atoms with Crippen LogP contribution >= 0.6 is 38.5 Å². The van der Waals surface area contributed by atoms with E-state index in [1.165, 1.54) is 52.1 Å². The minimum atomic E-state index is 0.729. The van der Waals surface area contributed by atoms with Crippen LogP contribution in [0.1, 0.15) is 44.1 Å². The molecule has 17 heavy (non-hydrogen) atoms. The molecule has 94 valence electrons. The average Bonchev–Trinajstić information content (AvgIpc) is 2.59. The van der Waals surface area contributed by atoms with E-state index in [-0.39, 0.29) is 0 Å². The number of halogens is 2. The van der Waals surface area contributed by atoms with Crippen molar-refractivity contribution in [3.05, 3.63) is 31.8 Å². The summed E-state index contributed by atoms with van der Waals surface area (Å²) < 4.78 is 2.53. The van der Waals surface area contributed by atoms with Gasteiger partial charge >= 0.3 is 0 Å². The zero-order chi connectivity index (χ0) is 12.1. The zero-order valence-corrected chi connectivity index (χ0v) is 13.8. The number of nitrogens with one attached hydrogen (secondary N) is 1. The highest BCUT2D eigenvalue weighted by Gasteiger charge is 2.11. The average molecular weight is 408 g/mol. The lowest BCUT2D eigenvalue weighted by atomic mass is 10.1. The van der Waals surface area contributed by atoms with Crippen LogP contribution in [0.5, 0.6) is 0 Å². The Hall–Kier alpha value is 0.390. The Labute approximate surface area is 126 Å². The third-order valence-corrected chi connectivity index (χ3v) is 4.99. The molecule has 1 aromatic rings. The molecule has 1 aliphatic rings. The molecule has 0 radical (unpaired) electrons. The predicted octanol–water partition coefficient (Wildman–Crippen LogP) is 4.87. The summed E-state index contributed by atoms with van der Waals surface area (Å²) in [5.74, 6) is 0. The lowest BCUT2D eigenvalue weighted by molar-refractivity contribution is 0.458. The van der Waals surface area contributed by atoms with Crippen LogP contribution in [-0.2, 0) is 6.54 Å². The summed E-state index contributed by atoms with van der Waals surface area (Å²) in [7, 11) is 0. The normalized spacial score (nSPS) is 18.0. The number of benzene rings is 1. The molecule has 0 atom stereocenters. The highest BCUT2D eigenvalue weighted by atomic mass is 127. The van der Waals surface area contributed by atoms with E-state index in [1.54, 1.807) is 0 Å². The second-order valence-corrected chi connectivity index (χ2v) is 6.88. The lowest BCUT2D eigenvalue weighted by Crippen LogP contribution is -2.28. The van der Waals surface area contributed by atoms with E-state index in [9.17, 15) is 0 Å². The number of hydrogen-bond acceptors (Lipinski definition) is 1. The monoisotopic (exact) mass is 407 g/mol. The van der Waals surface area contributed by atoms with Crippen molar-refractivity contribution in [3.63, 3.8) is 0 Å². The summed E-state index contributed by atoms with van der Waals surface area (Å²) in [4.78, 5) is 0. The van der Waals surface area contributed by atoms with Gasteiger partial charge in [-0.05, 0) is 59.2 Å². The van der Waals surface area contributed by atoms with Crippen LogP contribution < -0.4 is 5.32 Å². The lowest BCUT2D eigenvalue weighted by Gasteiger charge is -2.17. The van der Waals surface area contributed by atoms with Gasteiger partial charge in [0, 0.05) is 20.6 Å². The molecule has 1 nitrogen and oxygen atoms in total. The van der Waals surface area contributed by atoms with Crippen molar-refractivity contribution >= 4 is 38.5 Å². The first-order chi connectivity index (χ1) is 8.25. The molecule has 0 amide bonds. The van der Waals surface area contributed by atoms with Gasteiger partial charge in [-0.2, -0.15) is 0 Å². The molecule has 1 saturated carbocycles. The maximum atomic E-state index is 3.72. The molecular formula is C14H19BrIN. The third kappa shape index (κ3) is 4.52. The fourth-order valence-electron chi connectivity index (χ4n) is 2.42. The summed E-state index contributed by atoms with van der Waals surface area (Å²) in [5.41, 5.74) is 1.41. The Morgan fingerprint density at radius 2 is 1.88 bits per heavy atom. The van der Waals surface area contributed by atoms with Crippen LogP contribution in [0, 0.1) is 3.57 Å². The Morgan fingerprint density at radius 1 is 1.18 bits per heavy atom. The predicted molar refractivity (Wildman–Crippen MR) is 85.2 cm³/mol.